The van der Waals surface area contributed by atoms with Crippen LogP contribution in [0.2, 0.25) is 0 Å². The van der Waals surface area contributed by atoms with Crippen LogP contribution in [0.25, 0.3) is 0 Å². The third-order valence-electron chi connectivity index (χ3n) is 4.93. The van der Waals surface area contributed by atoms with Crippen LogP contribution in [-0.4, -0.2) is 62.8 Å². The van der Waals surface area contributed by atoms with Gasteiger partial charge in [0.25, 0.3) is 0 Å². The molecule has 0 aliphatic carbocycles. The van der Waals surface area contributed by atoms with E-state index in [-0.39, 0.29) is 0 Å². The smallest absolute Gasteiger partial charge is 0.191 e. The average molecular weight is 280 g/mol. The summed E-state index contributed by atoms with van der Waals surface area (Å²) in [5, 5.41) is 7.05. The fraction of sp³-hybridized carbons (Fsp3) is 0.933. The Labute approximate surface area is 122 Å². The van der Waals surface area contributed by atoms with E-state index in [4.69, 9.17) is 4.74 Å². The monoisotopic (exact) mass is 280 g/mol. The lowest BCUT2D eigenvalue weighted by Gasteiger charge is -2.30. The van der Waals surface area contributed by atoms with E-state index < -0.39 is 0 Å². The number of nitrogens with zero attached hydrogens (tertiary/aromatic N) is 2. The molecule has 5 heteroatoms. The maximum absolute atomic E-state index is 5.89. The van der Waals surface area contributed by atoms with Gasteiger partial charge in [0.2, 0.25) is 0 Å². The number of hydrogen-bond donors (Lipinski definition) is 2. The topological polar surface area (TPSA) is 48.9 Å². The lowest BCUT2D eigenvalue weighted by Crippen LogP contribution is -2.49. The fourth-order valence-corrected chi connectivity index (χ4v) is 3.84. The molecule has 2 N–H and O–H groups in total. The molecule has 0 saturated carbocycles. The fourth-order valence-electron chi connectivity index (χ4n) is 3.84. The van der Waals surface area contributed by atoms with Crippen LogP contribution in [0.5, 0.6) is 0 Å². The second kappa shape index (κ2) is 6.31. The van der Waals surface area contributed by atoms with Crippen LogP contribution in [0.3, 0.4) is 0 Å². The first kappa shape index (κ1) is 14.1. The summed E-state index contributed by atoms with van der Waals surface area (Å²) in [4.78, 5) is 6.79. The molecule has 20 heavy (non-hydrogen) atoms. The Hall–Kier alpha value is -0.810. The number of aliphatic imine (C=N–C) groups is 1. The maximum atomic E-state index is 5.89. The van der Waals surface area contributed by atoms with Gasteiger partial charge >= 0.3 is 0 Å². The first-order valence-electron chi connectivity index (χ1n) is 8.06. The van der Waals surface area contributed by atoms with Gasteiger partial charge in [-0.15, -0.1) is 0 Å². The van der Waals surface area contributed by atoms with Gasteiger partial charge in [0, 0.05) is 20.1 Å². The largest absolute Gasteiger partial charge is 0.373 e. The van der Waals surface area contributed by atoms with Crippen LogP contribution in [0, 0.1) is 5.92 Å². The first-order valence-corrected chi connectivity index (χ1v) is 8.06. The number of likely N-dealkylation sites (tertiary alicyclic amines) is 1. The second-order valence-corrected chi connectivity index (χ2v) is 6.58. The predicted molar refractivity (Wildman–Crippen MR) is 81.0 cm³/mol. The highest BCUT2D eigenvalue weighted by molar-refractivity contribution is 5.80. The lowest BCUT2D eigenvalue weighted by molar-refractivity contribution is 0.0992. The van der Waals surface area contributed by atoms with Crippen molar-refractivity contribution in [2.24, 2.45) is 10.9 Å². The Morgan fingerprint density at radius 2 is 2.25 bits per heavy atom. The van der Waals surface area contributed by atoms with Crippen LogP contribution in [0.4, 0.5) is 0 Å². The van der Waals surface area contributed by atoms with Crippen molar-refractivity contribution in [2.75, 3.05) is 33.7 Å². The Bertz CT molecular complexity index is 360. The summed E-state index contributed by atoms with van der Waals surface area (Å²) in [7, 11) is 4.07. The molecule has 3 heterocycles. The minimum atomic E-state index is 0.402. The Balaban J connectivity index is 1.43. The SMILES string of the molecule is CN=C(NCC1CCCN(C)C1)NC1CC2CCC1O2. The summed E-state index contributed by atoms with van der Waals surface area (Å²) in [6, 6.07) is 0.453. The van der Waals surface area contributed by atoms with Gasteiger partial charge in [-0.2, -0.15) is 0 Å². The van der Waals surface area contributed by atoms with E-state index in [0.717, 1.165) is 24.8 Å². The van der Waals surface area contributed by atoms with Crippen LogP contribution in [0.15, 0.2) is 4.99 Å². The van der Waals surface area contributed by atoms with Gasteiger partial charge in [0.15, 0.2) is 5.96 Å². The number of ether oxygens (including phenoxy) is 1. The second-order valence-electron chi connectivity index (χ2n) is 6.58. The van der Waals surface area contributed by atoms with Crippen molar-refractivity contribution in [1.82, 2.24) is 15.5 Å². The number of fused-ring (bicyclic) bond motifs is 2. The van der Waals surface area contributed by atoms with E-state index in [2.05, 4.69) is 27.6 Å². The van der Waals surface area contributed by atoms with Crippen molar-refractivity contribution in [3.05, 3.63) is 0 Å². The number of piperidine rings is 1. The summed E-state index contributed by atoms with van der Waals surface area (Å²) < 4.78 is 5.89. The minimum Gasteiger partial charge on any atom is -0.373 e. The first-order chi connectivity index (χ1) is 9.74. The molecule has 3 fully saturated rings. The van der Waals surface area contributed by atoms with Crippen molar-refractivity contribution in [3.8, 4) is 0 Å². The molecule has 0 aromatic carbocycles. The van der Waals surface area contributed by atoms with Gasteiger partial charge in [-0.05, 0) is 51.6 Å². The van der Waals surface area contributed by atoms with Crippen LogP contribution >= 0.6 is 0 Å². The lowest BCUT2D eigenvalue weighted by atomic mass is 9.95. The molecule has 114 valence electrons. The summed E-state index contributed by atoms with van der Waals surface area (Å²) in [5.41, 5.74) is 0. The molecule has 3 saturated heterocycles. The summed E-state index contributed by atoms with van der Waals surface area (Å²) >= 11 is 0. The number of hydrogen-bond acceptors (Lipinski definition) is 3. The number of rotatable bonds is 3. The molecule has 3 aliphatic rings. The van der Waals surface area contributed by atoms with E-state index in [9.17, 15) is 0 Å². The molecular weight excluding hydrogens is 252 g/mol. The number of guanidine groups is 1. The van der Waals surface area contributed by atoms with Crippen molar-refractivity contribution in [1.29, 1.82) is 0 Å². The molecule has 0 aromatic rings. The van der Waals surface area contributed by atoms with Gasteiger partial charge < -0.3 is 20.3 Å². The van der Waals surface area contributed by atoms with E-state index in [0.29, 0.717) is 18.2 Å². The van der Waals surface area contributed by atoms with Crippen molar-refractivity contribution in [2.45, 2.75) is 50.4 Å². The molecule has 5 nitrogen and oxygen atoms in total. The van der Waals surface area contributed by atoms with Gasteiger partial charge in [-0.25, -0.2) is 0 Å². The summed E-state index contributed by atoms with van der Waals surface area (Å²) in [6.45, 7) is 3.46. The Morgan fingerprint density at radius 1 is 1.35 bits per heavy atom. The molecular formula is C15H28N4O. The third kappa shape index (κ3) is 3.26. The highest BCUT2D eigenvalue weighted by Gasteiger charge is 2.41. The Kier molecular flexibility index (Phi) is 4.46. The van der Waals surface area contributed by atoms with Gasteiger partial charge in [-0.3, -0.25) is 4.99 Å². The normalized spacial score (nSPS) is 38.2. The van der Waals surface area contributed by atoms with Gasteiger partial charge in [0.1, 0.15) is 0 Å². The highest BCUT2D eigenvalue weighted by atomic mass is 16.5. The highest BCUT2D eigenvalue weighted by Crippen LogP contribution is 2.34. The molecule has 2 bridgehead atoms. The molecule has 3 aliphatic heterocycles. The van der Waals surface area contributed by atoms with E-state index in [1.807, 2.05) is 7.05 Å². The summed E-state index contributed by atoms with van der Waals surface area (Å²) in [6.07, 6.45) is 7.11. The Morgan fingerprint density at radius 3 is 2.90 bits per heavy atom. The zero-order valence-corrected chi connectivity index (χ0v) is 12.8. The van der Waals surface area contributed by atoms with Crippen molar-refractivity contribution >= 4 is 5.96 Å². The quantitative estimate of drug-likeness (QED) is 0.593. The van der Waals surface area contributed by atoms with Crippen LogP contribution < -0.4 is 10.6 Å². The van der Waals surface area contributed by atoms with Crippen LogP contribution in [0.1, 0.15) is 32.1 Å². The van der Waals surface area contributed by atoms with Crippen molar-refractivity contribution < 1.29 is 4.74 Å². The maximum Gasteiger partial charge on any atom is 0.191 e. The molecule has 4 unspecified atom stereocenters. The molecule has 4 atom stereocenters. The zero-order chi connectivity index (χ0) is 13.9. The van der Waals surface area contributed by atoms with E-state index >= 15 is 0 Å². The molecule has 3 rings (SSSR count). The molecule has 0 radical (unpaired) electrons. The van der Waals surface area contributed by atoms with Crippen LogP contribution in [-0.2, 0) is 4.74 Å². The zero-order valence-electron chi connectivity index (χ0n) is 12.8. The average Bonchev–Trinajstić information content (AvgIpc) is 3.06. The minimum absolute atomic E-state index is 0.402. The predicted octanol–water partition coefficient (Wildman–Crippen LogP) is 0.813. The number of nitrogens with one attached hydrogen (secondary N) is 2. The molecule has 0 amide bonds. The summed E-state index contributed by atoms with van der Waals surface area (Å²) in [5.74, 6) is 1.68. The van der Waals surface area contributed by atoms with Gasteiger partial charge in [-0.1, -0.05) is 0 Å². The third-order valence-corrected chi connectivity index (χ3v) is 4.93. The standard InChI is InChI=1S/C15H28N4O/c1-16-15(17-9-11-4-3-7-19(2)10-11)18-13-8-12-5-6-14(13)20-12/h11-14H,3-10H2,1-2H3,(H2,16,17,18). The van der Waals surface area contributed by atoms with Crippen molar-refractivity contribution in [3.63, 3.8) is 0 Å². The molecule has 0 aromatic heterocycles. The van der Waals surface area contributed by atoms with E-state index in [1.165, 1.54) is 38.8 Å². The van der Waals surface area contributed by atoms with Gasteiger partial charge in [0.05, 0.1) is 18.2 Å². The molecule has 0 spiro atoms. The van der Waals surface area contributed by atoms with E-state index in [1.54, 1.807) is 0 Å².